The molecular formula is C24H18BrClO3. The maximum atomic E-state index is 13.8. The zero-order chi connectivity index (χ0) is 20.6. The fourth-order valence-electron chi connectivity index (χ4n) is 4.35. The normalized spacial score (nSPS) is 29.0. The van der Waals surface area contributed by atoms with Crippen molar-refractivity contribution in [3.8, 4) is 0 Å². The highest BCUT2D eigenvalue weighted by Crippen LogP contribution is 2.60. The molecule has 0 radical (unpaired) electrons. The van der Waals surface area contributed by atoms with E-state index < -0.39 is 28.1 Å². The average molecular weight is 470 g/mol. The number of aldehydes is 1. The molecule has 0 unspecified atom stereocenters. The van der Waals surface area contributed by atoms with E-state index in [-0.39, 0.29) is 0 Å². The van der Waals surface area contributed by atoms with Gasteiger partial charge in [-0.2, -0.15) is 0 Å². The number of halogens is 2. The van der Waals surface area contributed by atoms with Crippen molar-refractivity contribution in [3.63, 3.8) is 0 Å². The summed E-state index contributed by atoms with van der Waals surface area (Å²) in [6, 6.07) is 24.9. The van der Waals surface area contributed by atoms with Crippen molar-refractivity contribution in [3.05, 3.63) is 106 Å². The third-order valence-corrected chi connectivity index (χ3v) is 6.88. The van der Waals surface area contributed by atoms with Crippen LogP contribution in [0.1, 0.15) is 22.6 Å². The quantitative estimate of drug-likeness (QED) is 0.434. The first-order valence-electron chi connectivity index (χ1n) is 9.22. The van der Waals surface area contributed by atoms with E-state index in [0.29, 0.717) is 17.4 Å². The molecule has 0 amide bonds. The highest BCUT2D eigenvalue weighted by Gasteiger charge is 2.68. The molecule has 1 saturated carbocycles. The van der Waals surface area contributed by atoms with Gasteiger partial charge in [-0.3, -0.25) is 4.79 Å². The summed E-state index contributed by atoms with van der Waals surface area (Å²) in [6.07, 6.45) is 0.657. The first kappa shape index (κ1) is 20.0. The predicted octanol–water partition coefficient (Wildman–Crippen LogP) is 4.95. The topological polar surface area (TPSA) is 54.4 Å². The summed E-state index contributed by atoms with van der Waals surface area (Å²) < 4.78 is 0.803. The molecule has 0 heterocycles. The van der Waals surface area contributed by atoms with Gasteiger partial charge in [0.05, 0.1) is 5.92 Å². The van der Waals surface area contributed by atoms with Gasteiger partial charge in [-0.05, 0) is 28.8 Å². The molecule has 0 spiro atoms. The van der Waals surface area contributed by atoms with Crippen LogP contribution >= 0.6 is 27.5 Å². The molecule has 3 nitrogen and oxygen atoms in total. The Morgan fingerprint density at radius 3 is 1.97 bits per heavy atom. The lowest BCUT2D eigenvalue weighted by molar-refractivity contribution is -0.142. The van der Waals surface area contributed by atoms with Crippen LogP contribution in [0.3, 0.4) is 0 Å². The molecule has 0 saturated heterocycles. The Balaban J connectivity index is 2.00. The SMILES string of the molecule is O=C[C@@H]1[C@@H](c2ccccc2)[C@](Cl)(c2ccccc2)C(=O)[C@@]1(O)c1ccc(Br)cc1. The molecule has 146 valence electrons. The molecule has 1 aliphatic rings. The van der Waals surface area contributed by atoms with Gasteiger partial charge in [0.15, 0.2) is 11.4 Å². The van der Waals surface area contributed by atoms with Crippen LogP contribution in [-0.2, 0) is 20.1 Å². The third-order valence-electron chi connectivity index (χ3n) is 5.73. The summed E-state index contributed by atoms with van der Waals surface area (Å²) in [5, 5.41) is 11.7. The van der Waals surface area contributed by atoms with Crippen LogP contribution in [-0.4, -0.2) is 17.2 Å². The van der Waals surface area contributed by atoms with E-state index >= 15 is 0 Å². The Labute approximate surface area is 182 Å². The first-order chi connectivity index (χ1) is 13.9. The fourth-order valence-corrected chi connectivity index (χ4v) is 5.15. The number of hydrogen-bond acceptors (Lipinski definition) is 3. The van der Waals surface area contributed by atoms with Gasteiger partial charge in [0, 0.05) is 10.4 Å². The highest BCUT2D eigenvalue weighted by atomic mass is 79.9. The second kappa shape index (κ2) is 7.52. The molecule has 29 heavy (non-hydrogen) atoms. The minimum Gasteiger partial charge on any atom is -0.376 e. The Morgan fingerprint density at radius 2 is 1.41 bits per heavy atom. The van der Waals surface area contributed by atoms with Crippen LogP contribution in [0, 0.1) is 5.92 Å². The van der Waals surface area contributed by atoms with Crippen LogP contribution in [0.25, 0.3) is 0 Å². The van der Waals surface area contributed by atoms with Crippen LogP contribution in [0.15, 0.2) is 89.4 Å². The van der Waals surface area contributed by atoms with E-state index in [1.54, 1.807) is 48.5 Å². The lowest BCUT2D eigenvalue weighted by atomic mass is 9.77. The van der Waals surface area contributed by atoms with E-state index in [2.05, 4.69) is 15.9 Å². The predicted molar refractivity (Wildman–Crippen MR) is 116 cm³/mol. The monoisotopic (exact) mass is 468 g/mol. The maximum Gasteiger partial charge on any atom is 0.195 e. The Hall–Kier alpha value is -2.27. The van der Waals surface area contributed by atoms with E-state index in [1.807, 2.05) is 36.4 Å². The summed E-state index contributed by atoms with van der Waals surface area (Å²) in [4.78, 5) is 24.6. The van der Waals surface area contributed by atoms with Crippen molar-refractivity contribution >= 4 is 39.6 Å². The lowest BCUT2D eigenvalue weighted by Crippen LogP contribution is -2.41. The van der Waals surface area contributed by atoms with Crippen molar-refractivity contribution in [2.45, 2.75) is 16.4 Å². The molecule has 1 fully saturated rings. The van der Waals surface area contributed by atoms with Gasteiger partial charge in [0.1, 0.15) is 11.2 Å². The van der Waals surface area contributed by atoms with Crippen LogP contribution < -0.4 is 0 Å². The van der Waals surface area contributed by atoms with Crippen molar-refractivity contribution < 1.29 is 14.7 Å². The molecule has 3 aromatic carbocycles. The number of carbonyl (C=O) groups excluding carboxylic acids is 2. The van der Waals surface area contributed by atoms with Gasteiger partial charge in [-0.25, -0.2) is 0 Å². The Bertz CT molecular complexity index is 1040. The first-order valence-corrected chi connectivity index (χ1v) is 10.4. The standard InChI is InChI=1S/C24H18BrClO3/c25-19-13-11-18(12-14-19)24(29)20(15-27)21(16-7-3-1-4-8-16)23(26,22(24)28)17-9-5-2-6-10-17/h1-15,20-21,29H/t20-,21-,23-,24-/m1/s1. The molecule has 0 aromatic heterocycles. The number of carbonyl (C=O) groups is 2. The zero-order valence-electron chi connectivity index (χ0n) is 15.3. The summed E-state index contributed by atoms with van der Waals surface area (Å²) >= 11 is 10.5. The number of ketones is 1. The van der Waals surface area contributed by atoms with Crippen LogP contribution in [0.4, 0.5) is 0 Å². The Kier molecular flexibility index (Phi) is 5.19. The van der Waals surface area contributed by atoms with Crippen molar-refractivity contribution in [1.29, 1.82) is 0 Å². The maximum absolute atomic E-state index is 13.8. The number of hydrogen-bond donors (Lipinski definition) is 1. The minimum absolute atomic E-state index is 0.349. The lowest BCUT2D eigenvalue weighted by Gasteiger charge is -2.29. The molecular weight excluding hydrogens is 452 g/mol. The molecule has 0 aliphatic heterocycles. The van der Waals surface area contributed by atoms with E-state index in [4.69, 9.17) is 11.6 Å². The fraction of sp³-hybridized carbons (Fsp3) is 0.167. The van der Waals surface area contributed by atoms with E-state index in [0.717, 1.165) is 10.0 Å². The summed E-state index contributed by atoms with van der Waals surface area (Å²) in [5.74, 6) is -2.37. The molecule has 5 heteroatoms. The molecule has 1 N–H and O–H groups in total. The van der Waals surface area contributed by atoms with Crippen molar-refractivity contribution in [2.24, 2.45) is 5.92 Å². The van der Waals surface area contributed by atoms with Crippen LogP contribution in [0.5, 0.6) is 0 Å². The second-order valence-electron chi connectivity index (χ2n) is 7.23. The zero-order valence-corrected chi connectivity index (χ0v) is 17.7. The largest absolute Gasteiger partial charge is 0.376 e. The number of alkyl halides is 1. The van der Waals surface area contributed by atoms with Gasteiger partial charge in [-0.1, -0.05) is 88.7 Å². The Morgan fingerprint density at radius 1 is 0.862 bits per heavy atom. The molecule has 4 atom stereocenters. The van der Waals surface area contributed by atoms with Crippen molar-refractivity contribution in [1.82, 2.24) is 0 Å². The van der Waals surface area contributed by atoms with Gasteiger partial charge in [-0.15, -0.1) is 11.6 Å². The second-order valence-corrected chi connectivity index (χ2v) is 8.74. The summed E-state index contributed by atoms with van der Waals surface area (Å²) in [5.41, 5.74) is -0.409. The molecule has 1 aliphatic carbocycles. The summed E-state index contributed by atoms with van der Waals surface area (Å²) in [7, 11) is 0. The number of Topliss-reactive ketones (excluding diaryl/α,β-unsaturated/α-hetero) is 1. The summed E-state index contributed by atoms with van der Waals surface area (Å²) in [6.45, 7) is 0. The van der Waals surface area contributed by atoms with Gasteiger partial charge < -0.3 is 9.90 Å². The highest BCUT2D eigenvalue weighted by molar-refractivity contribution is 9.10. The third kappa shape index (κ3) is 2.98. The average Bonchev–Trinajstić information content (AvgIpc) is 2.95. The number of rotatable bonds is 4. The number of aliphatic hydroxyl groups is 1. The van der Waals surface area contributed by atoms with E-state index in [1.165, 1.54) is 0 Å². The van der Waals surface area contributed by atoms with Crippen molar-refractivity contribution in [2.75, 3.05) is 0 Å². The molecule has 0 bridgehead atoms. The molecule has 3 aromatic rings. The van der Waals surface area contributed by atoms with E-state index in [9.17, 15) is 14.7 Å². The molecule has 4 rings (SSSR count). The number of benzene rings is 3. The van der Waals surface area contributed by atoms with Crippen LogP contribution in [0.2, 0.25) is 0 Å². The smallest absolute Gasteiger partial charge is 0.195 e. The van der Waals surface area contributed by atoms with Gasteiger partial charge in [0.2, 0.25) is 0 Å². The van der Waals surface area contributed by atoms with Gasteiger partial charge >= 0.3 is 0 Å². The minimum atomic E-state index is -2.04. The van der Waals surface area contributed by atoms with Gasteiger partial charge in [0.25, 0.3) is 0 Å².